The average Bonchev–Trinajstić information content (AvgIpc) is 3.43. The van der Waals surface area contributed by atoms with Crippen LogP contribution in [0, 0.1) is 0 Å². The van der Waals surface area contributed by atoms with Crippen molar-refractivity contribution in [3.05, 3.63) is 58.7 Å². The van der Waals surface area contributed by atoms with E-state index in [0.717, 1.165) is 44.2 Å². The van der Waals surface area contributed by atoms with Crippen molar-refractivity contribution in [2.75, 3.05) is 20.2 Å². The second kappa shape index (κ2) is 6.78. The zero-order chi connectivity index (χ0) is 18.3. The highest BCUT2D eigenvalue weighted by Gasteiger charge is 2.43. The van der Waals surface area contributed by atoms with E-state index < -0.39 is 0 Å². The topological polar surface area (TPSA) is 39.5 Å². The van der Waals surface area contributed by atoms with E-state index in [1.165, 1.54) is 16.8 Å². The lowest BCUT2D eigenvalue weighted by atomic mass is 10.0. The summed E-state index contributed by atoms with van der Waals surface area (Å²) in [4.78, 5) is 7.08. The number of hydrogen-bond acceptors (Lipinski definition) is 5. The van der Waals surface area contributed by atoms with Gasteiger partial charge >= 0.3 is 0 Å². The van der Waals surface area contributed by atoms with Gasteiger partial charge in [0.05, 0.1) is 25.5 Å². The number of rotatable bonds is 4. The maximum atomic E-state index is 6.35. The fraction of sp³-hybridized carbons (Fsp3) is 0.381. The van der Waals surface area contributed by atoms with Crippen LogP contribution in [0.1, 0.15) is 17.8 Å². The second-order valence-corrected chi connectivity index (χ2v) is 8.22. The van der Waals surface area contributed by atoms with E-state index in [1.54, 1.807) is 18.4 Å². The molecule has 2 aliphatic heterocycles. The molecule has 4 heterocycles. The van der Waals surface area contributed by atoms with E-state index in [2.05, 4.69) is 43.4 Å². The summed E-state index contributed by atoms with van der Waals surface area (Å²) >= 11 is 1.73. The Hall–Kier alpha value is -2.15. The zero-order valence-electron chi connectivity index (χ0n) is 15.4. The van der Waals surface area contributed by atoms with E-state index in [9.17, 15) is 0 Å². The van der Waals surface area contributed by atoms with Crippen molar-refractivity contribution in [3.8, 4) is 17.0 Å². The molecule has 0 bridgehead atoms. The summed E-state index contributed by atoms with van der Waals surface area (Å²) < 4.78 is 14.0. The van der Waals surface area contributed by atoms with Gasteiger partial charge in [-0.3, -0.25) is 4.90 Å². The summed E-state index contributed by atoms with van der Waals surface area (Å²) in [6.45, 7) is 4.44. The number of thiophene rings is 1. The molecule has 3 aromatic rings. The van der Waals surface area contributed by atoms with E-state index in [0.29, 0.717) is 6.61 Å². The van der Waals surface area contributed by atoms with Gasteiger partial charge in [-0.05, 0) is 35.6 Å². The molecule has 140 valence electrons. The van der Waals surface area contributed by atoms with Gasteiger partial charge in [-0.2, -0.15) is 11.3 Å². The molecule has 5 rings (SSSR count). The third-order valence-electron chi connectivity index (χ3n) is 5.67. The predicted octanol–water partition coefficient (Wildman–Crippen LogP) is 3.80. The number of hydrogen-bond donors (Lipinski definition) is 0. The Morgan fingerprint density at radius 3 is 2.89 bits per heavy atom. The van der Waals surface area contributed by atoms with Crippen molar-refractivity contribution in [1.29, 1.82) is 0 Å². The molecule has 0 saturated carbocycles. The Morgan fingerprint density at radius 1 is 1.22 bits per heavy atom. The average molecular weight is 382 g/mol. The number of aromatic nitrogens is 2. The molecular formula is C21H23N3O2S. The molecular weight excluding hydrogens is 358 g/mol. The van der Waals surface area contributed by atoms with E-state index >= 15 is 0 Å². The first-order chi connectivity index (χ1) is 13.2. The van der Waals surface area contributed by atoms with Crippen LogP contribution in [-0.4, -0.2) is 40.3 Å². The molecule has 1 spiro atoms. The van der Waals surface area contributed by atoms with Crippen LogP contribution in [0.5, 0.6) is 5.75 Å². The van der Waals surface area contributed by atoms with Gasteiger partial charge in [0.25, 0.3) is 0 Å². The Balaban J connectivity index is 1.31. The molecule has 1 aromatic carbocycles. The third kappa shape index (κ3) is 3.18. The first-order valence-corrected chi connectivity index (χ1v) is 10.3. The monoisotopic (exact) mass is 381 g/mol. The molecule has 1 unspecified atom stereocenters. The molecule has 0 amide bonds. The quantitative estimate of drug-likeness (QED) is 0.689. The van der Waals surface area contributed by atoms with Crippen LogP contribution >= 0.6 is 11.3 Å². The van der Waals surface area contributed by atoms with Gasteiger partial charge in [0.1, 0.15) is 23.8 Å². The van der Waals surface area contributed by atoms with Gasteiger partial charge in [-0.15, -0.1) is 0 Å². The molecule has 0 N–H and O–H groups in total. The lowest BCUT2D eigenvalue weighted by molar-refractivity contribution is -0.0821. The molecule has 6 heteroatoms. The highest BCUT2D eigenvalue weighted by molar-refractivity contribution is 7.08. The van der Waals surface area contributed by atoms with Crippen molar-refractivity contribution in [3.63, 3.8) is 0 Å². The Morgan fingerprint density at radius 2 is 2.11 bits per heavy atom. The van der Waals surface area contributed by atoms with E-state index in [4.69, 9.17) is 9.47 Å². The maximum Gasteiger partial charge on any atom is 0.135 e. The van der Waals surface area contributed by atoms with Crippen molar-refractivity contribution < 1.29 is 9.47 Å². The number of benzene rings is 1. The van der Waals surface area contributed by atoms with Crippen LogP contribution < -0.4 is 4.74 Å². The summed E-state index contributed by atoms with van der Waals surface area (Å²) in [5.74, 6) is 1.94. The summed E-state index contributed by atoms with van der Waals surface area (Å²) in [5.41, 5.74) is 3.67. The fourth-order valence-corrected chi connectivity index (χ4v) is 4.85. The first kappa shape index (κ1) is 17.0. The number of nitrogens with zero attached hydrogens (tertiary/aromatic N) is 3. The van der Waals surface area contributed by atoms with E-state index in [1.807, 2.05) is 18.3 Å². The summed E-state index contributed by atoms with van der Waals surface area (Å²) in [6, 6.07) is 10.5. The smallest absolute Gasteiger partial charge is 0.135 e. The predicted molar refractivity (Wildman–Crippen MR) is 106 cm³/mol. The van der Waals surface area contributed by atoms with Gasteiger partial charge in [-0.25, -0.2) is 4.98 Å². The molecule has 0 aliphatic carbocycles. The molecule has 1 saturated heterocycles. The van der Waals surface area contributed by atoms with E-state index in [-0.39, 0.29) is 5.60 Å². The minimum atomic E-state index is -0.106. The SMILES string of the molecule is COc1ccc(CN2CCC3(C2)Cn2c(-c4ccsc4)cnc2CO3)cc1. The summed E-state index contributed by atoms with van der Waals surface area (Å²) in [5, 5.41) is 4.31. The molecule has 5 nitrogen and oxygen atoms in total. The van der Waals surface area contributed by atoms with Crippen LogP contribution in [-0.2, 0) is 24.4 Å². The highest BCUT2D eigenvalue weighted by Crippen LogP contribution is 2.36. The zero-order valence-corrected chi connectivity index (χ0v) is 16.2. The molecule has 1 atom stereocenters. The van der Waals surface area contributed by atoms with Crippen molar-refractivity contribution >= 4 is 11.3 Å². The Bertz CT molecular complexity index is 920. The molecule has 2 aromatic heterocycles. The van der Waals surface area contributed by atoms with Crippen molar-refractivity contribution in [1.82, 2.24) is 14.5 Å². The van der Waals surface area contributed by atoms with Gasteiger partial charge in [-0.1, -0.05) is 12.1 Å². The second-order valence-electron chi connectivity index (χ2n) is 7.44. The molecule has 2 aliphatic rings. The van der Waals surface area contributed by atoms with Crippen molar-refractivity contribution in [2.24, 2.45) is 0 Å². The molecule has 0 radical (unpaired) electrons. The van der Waals surface area contributed by atoms with Gasteiger partial charge in [0, 0.05) is 30.6 Å². The number of likely N-dealkylation sites (tertiary alicyclic amines) is 1. The normalized spacial score (nSPS) is 22.3. The largest absolute Gasteiger partial charge is 0.497 e. The van der Waals surface area contributed by atoms with Gasteiger partial charge in [0.2, 0.25) is 0 Å². The summed E-state index contributed by atoms with van der Waals surface area (Å²) in [6.07, 6.45) is 3.05. The number of methoxy groups -OCH3 is 1. The fourth-order valence-electron chi connectivity index (χ4n) is 4.20. The van der Waals surface area contributed by atoms with Gasteiger partial charge < -0.3 is 14.0 Å². The van der Waals surface area contributed by atoms with Crippen LogP contribution in [0.2, 0.25) is 0 Å². The summed E-state index contributed by atoms with van der Waals surface area (Å²) in [7, 11) is 1.70. The number of imidazole rings is 1. The van der Waals surface area contributed by atoms with Gasteiger partial charge in [0.15, 0.2) is 0 Å². The minimum Gasteiger partial charge on any atom is -0.497 e. The van der Waals surface area contributed by atoms with Crippen LogP contribution in [0.4, 0.5) is 0 Å². The Kier molecular flexibility index (Phi) is 4.27. The standard InChI is InChI=1S/C21H23N3O2S/c1-25-18-4-2-16(3-5-18)11-23-8-7-21(14-23)15-24-19(17-6-9-27-13-17)10-22-20(24)12-26-21/h2-6,9-10,13H,7-8,11-12,14-15H2,1H3. The van der Waals surface area contributed by atoms with Crippen LogP contribution in [0.25, 0.3) is 11.3 Å². The third-order valence-corrected chi connectivity index (χ3v) is 6.35. The first-order valence-electron chi connectivity index (χ1n) is 9.31. The lowest BCUT2D eigenvalue weighted by Crippen LogP contribution is -2.44. The number of ether oxygens (including phenoxy) is 2. The van der Waals surface area contributed by atoms with Crippen LogP contribution in [0.3, 0.4) is 0 Å². The lowest BCUT2D eigenvalue weighted by Gasteiger charge is -2.35. The molecule has 27 heavy (non-hydrogen) atoms. The van der Waals surface area contributed by atoms with Crippen LogP contribution in [0.15, 0.2) is 47.3 Å². The highest BCUT2D eigenvalue weighted by atomic mass is 32.1. The number of fused-ring (bicyclic) bond motifs is 1. The maximum absolute atomic E-state index is 6.35. The Labute approximate surface area is 163 Å². The molecule has 1 fully saturated rings. The minimum absolute atomic E-state index is 0.106. The van der Waals surface area contributed by atoms with Crippen molar-refractivity contribution in [2.45, 2.75) is 31.7 Å².